The maximum absolute atomic E-state index is 11.0. The fraction of sp³-hybridized carbons (Fsp3) is 0.700. The lowest BCUT2D eigenvalue weighted by Crippen LogP contribution is -2.06. The molecule has 0 saturated carbocycles. The molecule has 0 aromatic heterocycles. The van der Waals surface area contributed by atoms with Crippen LogP contribution in [0.1, 0.15) is 39.5 Å². The van der Waals surface area contributed by atoms with Gasteiger partial charge in [0.05, 0.1) is 18.4 Å². The number of carbonyl (C=O) groups is 1. The Morgan fingerprint density at radius 2 is 2.08 bits per heavy atom. The Kier molecular flexibility index (Phi) is 7.07. The number of unbranched alkanes of at least 4 members (excludes halogenated alkanes) is 3. The van der Waals surface area contributed by atoms with E-state index in [9.17, 15) is 4.79 Å². The van der Waals surface area contributed by atoms with Crippen molar-refractivity contribution in [3.8, 4) is 0 Å². The third-order valence-electron chi connectivity index (χ3n) is 1.75. The normalized spacial score (nSPS) is 11.4. The van der Waals surface area contributed by atoms with Crippen LogP contribution in [0.15, 0.2) is 11.8 Å². The molecule has 13 heavy (non-hydrogen) atoms. The molecule has 0 saturated heterocycles. The Morgan fingerprint density at radius 1 is 1.38 bits per heavy atom. The highest BCUT2D eigenvalue weighted by Crippen LogP contribution is 2.01. The molecule has 0 aromatic rings. The lowest BCUT2D eigenvalue weighted by Gasteiger charge is -2.03. The van der Waals surface area contributed by atoms with E-state index in [2.05, 4.69) is 6.92 Å². The fourth-order valence-electron chi connectivity index (χ4n) is 0.860. The minimum atomic E-state index is -0.431. The number of rotatable bonds is 6. The van der Waals surface area contributed by atoms with Gasteiger partial charge in [-0.15, -0.1) is 0 Å². The molecule has 0 radical (unpaired) electrons. The van der Waals surface area contributed by atoms with Gasteiger partial charge in [-0.1, -0.05) is 26.2 Å². The molecular formula is C10H18O3. The van der Waals surface area contributed by atoms with Crippen LogP contribution in [0.4, 0.5) is 0 Å². The highest BCUT2D eigenvalue weighted by molar-refractivity contribution is 5.87. The minimum absolute atomic E-state index is 0.246. The number of hydrogen-bond acceptors (Lipinski definition) is 3. The summed E-state index contributed by atoms with van der Waals surface area (Å²) in [6.07, 6.45) is 5.11. The SMILES string of the molecule is CCCCCCOC(=O)/C(C)=C/O. The third-order valence-corrected chi connectivity index (χ3v) is 1.75. The van der Waals surface area contributed by atoms with Gasteiger partial charge in [-0.05, 0) is 13.3 Å². The Hall–Kier alpha value is -0.990. The molecule has 3 nitrogen and oxygen atoms in total. The summed E-state index contributed by atoms with van der Waals surface area (Å²) in [6, 6.07) is 0. The summed E-state index contributed by atoms with van der Waals surface area (Å²) in [7, 11) is 0. The van der Waals surface area contributed by atoms with Crippen molar-refractivity contribution in [3.63, 3.8) is 0 Å². The topological polar surface area (TPSA) is 46.5 Å². The van der Waals surface area contributed by atoms with E-state index in [-0.39, 0.29) is 5.57 Å². The molecule has 0 atom stereocenters. The summed E-state index contributed by atoms with van der Waals surface area (Å²) in [5.41, 5.74) is 0.246. The fourth-order valence-corrected chi connectivity index (χ4v) is 0.860. The summed E-state index contributed by atoms with van der Waals surface area (Å²) in [6.45, 7) is 4.10. The van der Waals surface area contributed by atoms with Crippen molar-refractivity contribution < 1.29 is 14.6 Å². The molecule has 0 aromatic carbocycles. The number of aliphatic hydroxyl groups is 1. The summed E-state index contributed by atoms with van der Waals surface area (Å²) < 4.78 is 4.87. The molecule has 0 rings (SSSR count). The highest BCUT2D eigenvalue weighted by atomic mass is 16.5. The number of aliphatic hydroxyl groups excluding tert-OH is 1. The van der Waals surface area contributed by atoms with E-state index < -0.39 is 5.97 Å². The van der Waals surface area contributed by atoms with Crippen molar-refractivity contribution in [1.82, 2.24) is 0 Å². The van der Waals surface area contributed by atoms with E-state index in [1.807, 2.05) is 0 Å². The van der Waals surface area contributed by atoms with Crippen LogP contribution in [0, 0.1) is 0 Å². The second kappa shape index (κ2) is 7.65. The van der Waals surface area contributed by atoms with Gasteiger partial charge in [0.15, 0.2) is 0 Å². The van der Waals surface area contributed by atoms with Crippen LogP contribution in [-0.2, 0) is 9.53 Å². The van der Waals surface area contributed by atoms with Crippen LogP contribution in [0.25, 0.3) is 0 Å². The van der Waals surface area contributed by atoms with Gasteiger partial charge >= 0.3 is 5.97 Å². The van der Waals surface area contributed by atoms with Gasteiger partial charge in [0.1, 0.15) is 0 Å². The molecule has 1 N–H and O–H groups in total. The van der Waals surface area contributed by atoms with Crippen molar-refractivity contribution in [3.05, 3.63) is 11.8 Å². The zero-order valence-corrected chi connectivity index (χ0v) is 8.38. The predicted molar refractivity (Wildman–Crippen MR) is 51.5 cm³/mol. The molecule has 0 aliphatic carbocycles. The van der Waals surface area contributed by atoms with Crippen molar-refractivity contribution in [2.45, 2.75) is 39.5 Å². The molecule has 3 heteroatoms. The molecule has 0 heterocycles. The Balaban J connectivity index is 3.38. The third kappa shape index (κ3) is 6.20. The van der Waals surface area contributed by atoms with E-state index in [4.69, 9.17) is 9.84 Å². The molecule has 0 spiro atoms. The van der Waals surface area contributed by atoms with Crippen LogP contribution in [0.2, 0.25) is 0 Å². The van der Waals surface area contributed by atoms with Crippen LogP contribution in [0.5, 0.6) is 0 Å². The quantitative estimate of drug-likeness (QED) is 0.300. The summed E-state index contributed by atoms with van der Waals surface area (Å²) in [5, 5.41) is 8.48. The Bertz CT molecular complexity index is 173. The Morgan fingerprint density at radius 3 is 2.62 bits per heavy atom. The number of carbonyl (C=O) groups excluding carboxylic acids is 1. The van der Waals surface area contributed by atoms with Crippen LogP contribution in [0.3, 0.4) is 0 Å². The maximum Gasteiger partial charge on any atom is 0.336 e. The largest absolute Gasteiger partial charge is 0.515 e. The van der Waals surface area contributed by atoms with Crippen LogP contribution < -0.4 is 0 Å². The van der Waals surface area contributed by atoms with Crippen molar-refractivity contribution in [1.29, 1.82) is 0 Å². The monoisotopic (exact) mass is 186 g/mol. The first-order chi connectivity index (χ1) is 6.22. The molecular weight excluding hydrogens is 168 g/mol. The van der Waals surface area contributed by atoms with Gasteiger partial charge in [-0.3, -0.25) is 0 Å². The first-order valence-electron chi connectivity index (χ1n) is 4.70. The number of hydrogen-bond donors (Lipinski definition) is 1. The van der Waals surface area contributed by atoms with Gasteiger partial charge in [-0.2, -0.15) is 0 Å². The lowest BCUT2D eigenvalue weighted by molar-refractivity contribution is -0.139. The summed E-state index contributed by atoms with van der Waals surface area (Å²) in [4.78, 5) is 11.0. The van der Waals surface area contributed by atoms with Crippen LogP contribution >= 0.6 is 0 Å². The van der Waals surface area contributed by atoms with E-state index in [0.29, 0.717) is 6.61 Å². The van der Waals surface area contributed by atoms with Gasteiger partial charge in [0, 0.05) is 0 Å². The number of ether oxygens (including phenoxy) is 1. The van der Waals surface area contributed by atoms with Gasteiger partial charge in [0.2, 0.25) is 0 Å². The van der Waals surface area contributed by atoms with Crippen molar-refractivity contribution in [2.24, 2.45) is 0 Å². The van der Waals surface area contributed by atoms with Crippen LogP contribution in [-0.4, -0.2) is 17.7 Å². The molecule has 0 fully saturated rings. The molecule has 0 bridgehead atoms. The lowest BCUT2D eigenvalue weighted by atomic mass is 10.2. The zero-order valence-electron chi connectivity index (χ0n) is 8.38. The summed E-state index contributed by atoms with van der Waals surface area (Å²) in [5.74, 6) is -0.431. The minimum Gasteiger partial charge on any atom is -0.515 e. The second-order valence-corrected chi connectivity index (χ2v) is 3.01. The van der Waals surface area contributed by atoms with Gasteiger partial charge < -0.3 is 9.84 Å². The first-order valence-corrected chi connectivity index (χ1v) is 4.70. The average Bonchev–Trinajstić information content (AvgIpc) is 2.16. The summed E-state index contributed by atoms with van der Waals surface area (Å²) >= 11 is 0. The smallest absolute Gasteiger partial charge is 0.336 e. The van der Waals surface area contributed by atoms with E-state index in [1.54, 1.807) is 0 Å². The van der Waals surface area contributed by atoms with Crippen molar-refractivity contribution >= 4 is 5.97 Å². The molecule has 0 amide bonds. The first kappa shape index (κ1) is 12.0. The molecule has 0 aliphatic rings. The zero-order chi connectivity index (χ0) is 10.1. The van der Waals surface area contributed by atoms with E-state index in [0.717, 1.165) is 19.1 Å². The maximum atomic E-state index is 11.0. The standard InChI is InChI=1S/C10H18O3/c1-3-4-5-6-7-13-10(12)9(2)8-11/h8,11H,3-7H2,1-2H3/b9-8+. The molecule has 76 valence electrons. The van der Waals surface area contributed by atoms with E-state index >= 15 is 0 Å². The predicted octanol–water partition coefficient (Wildman–Crippen LogP) is 2.57. The van der Waals surface area contributed by atoms with Crippen molar-refractivity contribution in [2.75, 3.05) is 6.61 Å². The average molecular weight is 186 g/mol. The Labute approximate surface area is 79.4 Å². The number of esters is 1. The highest BCUT2D eigenvalue weighted by Gasteiger charge is 2.04. The second-order valence-electron chi connectivity index (χ2n) is 3.01. The van der Waals surface area contributed by atoms with Gasteiger partial charge in [-0.25, -0.2) is 4.79 Å². The van der Waals surface area contributed by atoms with E-state index in [1.165, 1.54) is 19.8 Å². The molecule has 0 aliphatic heterocycles. The molecule has 0 unspecified atom stereocenters. The van der Waals surface area contributed by atoms with Gasteiger partial charge in [0.25, 0.3) is 0 Å².